The molecule has 0 bridgehead atoms. The highest BCUT2D eigenvalue weighted by Gasteiger charge is 2.58. The van der Waals surface area contributed by atoms with Crippen molar-refractivity contribution < 1.29 is 0 Å². The van der Waals surface area contributed by atoms with Crippen LogP contribution in [0.2, 0.25) is 0 Å². The molecule has 0 amide bonds. The van der Waals surface area contributed by atoms with Crippen molar-refractivity contribution in [2.75, 3.05) is 0 Å². The fraction of sp³-hybridized carbons (Fsp3) is 0.625. The number of hydrogen-bond acceptors (Lipinski definition) is 0. The second kappa shape index (κ2) is 8.34. The minimum Gasteiger partial charge on any atom is -0.0651 e. The molecule has 4 fully saturated rings. The molecule has 9 atom stereocenters. The Labute approximate surface area is 196 Å². The van der Waals surface area contributed by atoms with Gasteiger partial charge in [-0.2, -0.15) is 0 Å². The fourth-order valence-electron chi connectivity index (χ4n) is 9.88. The van der Waals surface area contributed by atoms with Crippen LogP contribution in [0.4, 0.5) is 0 Å². The first-order chi connectivity index (χ1) is 15.7. The van der Waals surface area contributed by atoms with Gasteiger partial charge in [-0.3, -0.25) is 0 Å². The summed E-state index contributed by atoms with van der Waals surface area (Å²) in [6.07, 6.45) is 13.3. The van der Waals surface area contributed by atoms with Crippen molar-refractivity contribution in [3.05, 3.63) is 71.8 Å². The minimum atomic E-state index is 0.637. The van der Waals surface area contributed by atoms with Crippen LogP contribution in [-0.2, 0) is 0 Å². The first-order valence-corrected chi connectivity index (χ1v) is 13.8. The van der Waals surface area contributed by atoms with E-state index in [9.17, 15) is 0 Å². The van der Waals surface area contributed by atoms with Gasteiger partial charge in [0, 0.05) is 0 Å². The fourth-order valence-corrected chi connectivity index (χ4v) is 9.88. The third-order valence-electron chi connectivity index (χ3n) is 11.2. The molecule has 0 radical (unpaired) electrons. The summed E-state index contributed by atoms with van der Waals surface area (Å²) in [5, 5.41) is 0. The topological polar surface area (TPSA) is 0 Å². The molecule has 3 unspecified atom stereocenters. The van der Waals surface area contributed by atoms with Gasteiger partial charge in [0.1, 0.15) is 0 Å². The van der Waals surface area contributed by atoms with E-state index < -0.39 is 0 Å². The minimum absolute atomic E-state index is 0.637. The molecular formula is C32H42. The second-order valence-electron chi connectivity index (χ2n) is 12.1. The molecule has 0 N–H and O–H groups in total. The summed E-state index contributed by atoms with van der Waals surface area (Å²) in [4.78, 5) is 0. The highest BCUT2D eigenvalue weighted by atomic mass is 14.6. The Bertz CT molecular complexity index is 900. The first kappa shape index (κ1) is 21.0. The predicted octanol–water partition coefficient (Wildman–Crippen LogP) is 8.84. The Balaban J connectivity index is 1.39. The van der Waals surface area contributed by atoms with Gasteiger partial charge >= 0.3 is 0 Å². The normalized spacial score (nSPS) is 43.2. The molecule has 0 saturated heterocycles. The number of rotatable bonds is 3. The van der Waals surface area contributed by atoms with Gasteiger partial charge in [-0.05, 0) is 115 Å². The van der Waals surface area contributed by atoms with E-state index in [1.807, 2.05) is 0 Å². The molecule has 4 aliphatic carbocycles. The van der Waals surface area contributed by atoms with Gasteiger partial charge in [0.05, 0.1) is 0 Å². The van der Waals surface area contributed by atoms with Crippen LogP contribution in [0.3, 0.4) is 0 Å². The van der Waals surface area contributed by atoms with Crippen LogP contribution < -0.4 is 0 Å². The van der Waals surface area contributed by atoms with Crippen molar-refractivity contribution in [1.82, 2.24) is 0 Å². The van der Waals surface area contributed by atoms with Crippen molar-refractivity contribution in [3.8, 4) is 0 Å². The van der Waals surface area contributed by atoms with Gasteiger partial charge < -0.3 is 0 Å². The van der Waals surface area contributed by atoms with Gasteiger partial charge in [0.25, 0.3) is 0 Å². The predicted molar refractivity (Wildman–Crippen MR) is 135 cm³/mol. The average molecular weight is 427 g/mol. The number of hydrogen-bond donors (Lipinski definition) is 0. The zero-order valence-corrected chi connectivity index (χ0v) is 20.3. The Morgan fingerprint density at radius 3 is 2.12 bits per heavy atom. The van der Waals surface area contributed by atoms with Crippen LogP contribution in [-0.4, -0.2) is 0 Å². The molecule has 6 rings (SSSR count). The summed E-state index contributed by atoms with van der Waals surface area (Å²) in [5.41, 5.74) is 3.86. The molecular weight excluding hydrogens is 384 g/mol. The third kappa shape index (κ3) is 3.23. The van der Waals surface area contributed by atoms with E-state index in [2.05, 4.69) is 74.5 Å². The molecule has 32 heavy (non-hydrogen) atoms. The smallest absolute Gasteiger partial charge is 0.00594 e. The average Bonchev–Trinajstić information content (AvgIpc) is 3.20. The summed E-state index contributed by atoms with van der Waals surface area (Å²) in [6, 6.07) is 23.3. The van der Waals surface area contributed by atoms with Crippen molar-refractivity contribution in [2.24, 2.45) is 40.9 Å². The SMILES string of the molecule is CC[C@H]1CC[C@H]2[C@@H]3CCC4CCC(c5ccccc5)C(c5ccccc5)[C@@H]4[C@H]3CC[C@]12C. The van der Waals surface area contributed by atoms with Gasteiger partial charge in [-0.25, -0.2) is 0 Å². The maximum atomic E-state index is 2.70. The molecule has 0 heteroatoms. The quantitative estimate of drug-likeness (QED) is 0.460. The van der Waals surface area contributed by atoms with E-state index in [-0.39, 0.29) is 0 Å². The van der Waals surface area contributed by atoms with Gasteiger partial charge in [-0.15, -0.1) is 0 Å². The summed E-state index contributed by atoms with van der Waals surface area (Å²) in [7, 11) is 0. The largest absolute Gasteiger partial charge is 0.0651 e. The first-order valence-electron chi connectivity index (χ1n) is 13.8. The second-order valence-corrected chi connectivity index (χ2v) is 12.1. The Morgan fingerprint density at radius 1 is 0.719 bits per heavy atom. The van der Waals surface area contributed by atoms with Gasteiger partial charge in [-0.1, -0.05) is 80.9 Å². The van der Waals surface area contributed by atoms with Crippen molar-refractivity contribution in [2.45, 2.75) is 83.5 Å². The number of benzene rings is 2. The van der Waals surface area contributed by atoms with Gasteiger partial charge in [0.15, 0.2) is 0 Å². The molecule has 4 saturated carbocycles. The Morgan fingerprint density at radius 2 is 1.41 bits per heavy atom. The maximum absolute atomic E-state index is 2.70. The maximum Gasteiger partial charge on any atom is -0.00594 e. The van der Waals surface area contributed by atoms with E-state index in [0.29, 0.717) is 17.3 Å². The molecule has 0 spiro atoms. The Kier molecular flexibility index (Phi) is 5.47. The number of fused-ring (bicyclic) bond motifs is 5. The molecule has 2 aromatic carbocycles. The van der Waals surface area contributed by atoms with Crippen LogP contribution in [0.5, 0.6) is 0 Å². The zero-order chi connectivity index (χ0) is 21.7. The molecule has 2 aromatic rings. The van der Waals surface area contributed by atoms with E-state index in [4.69, 9.17) is 0 Å². The van der Waals surface area contributed by atoms with E-state index in [1.165, 1.54) is 57.8 Å². The van der Waals surface area contributed by atoms with Crippen molar-refractivity contribution >= 4 is 0 Å². The molecule has 4 aliphatic rings. The van der Waals surface area contributed by atoms with Crippen LogP contribution >= 0.6 is 0 Å². The lowest BCUT2D eigenvalue weighted by Gasteiger charge is -2.59. The van der Waals surface area contributed by atoms with E-state index >= 15 is 0 Å². The highest BCUT2D eigenvalue weighted by molar-refractivity contribution is 5.31. The van der Waals surface area contributed by atoms with Crippen LogP contribution in [0.25, 0.3) is 0 Å². The molecule has 0 heterocycles. The molecule has 0 aliphatic heterocycles. The van der Waals surface area contributed by atoms with Crippen molar-refractivity contribution in [1.29, 1.82) is 0 Å². The molecule has 0 nitrogen and oxygen atoms in total. The standard InChI is InChI=1S/C32H42/c1-3-25-16-19-29-27-18-15-24-14-17-26(22-10-6-4-7-11-22)30(23-12-8-5-9-13-23)31(24)28(27)20-21-32(25,29)2/h4-13,24-31H,3,14-21H2,1-2H3/t24?,25-,26?,27+,28-,29-,30?,31-,32+/m0/s1. The summed E-state index contributed by atoms with van der Waals surface area (Å²) in [6.45, 7) is 5.15. The summed E-state index contributed by atoms with van der Waals surface area (Å²) >= 11 is 0. The van der Waals surface area contributed by atoms with E-state index in [0.717, 1.165) is 35.5 Å². The van der Waals surface area contributed by atoms with E-state index in [1.54, 1.807) is 11.1 Å². The molecule has 170 valence electrons. The highest BCUT2D eigenvalue weighted by Crippen LogP contribution is 2.67. The third-order valence-corrected chi connectivity index (χ3v) is 11.2. The molecule has 0 aromatic heterocycles. The van der Waals surface area contributed by atoms with Gasteiger partial charge in [0.2, 0.25) is 0 Å². The lowest BCUT2D eigenvalue weighted by Crippen LogP contribution is -2.50. The lowest BCUT2D eigenvalue weighted by atomic mass is 9.46. The lowest BCUT2D eigenvalue weighted by molar-refractivity contribution is -0.0724. The summed E-state index contributed by atoms with van der Waals surface area (Å²) in [5.74, 6) is 7.18. The van der Waals surface area contributed by atoms with Crippen LogP contribution in [0.15, 0.2) is 60.7 Å². The summed E-state index contributed by atoms with van der Waals surface area (Å²) < 4.78 is 0. The van der Waals surface area contributed by atoms with Crippen LogP contribution in [0.1, 0.15) is 94.6 Å². The van der Waals surface area contributed by atoms with Crippen molar-refractivity contribution in [3.63, 3.8) is 0 Å². The van der Waals surface area contributed by atoms with Crippen LogP contribution in [0, 0.1) is 40.9 Å². The Hall–Kier alpha value is -1.56. The monoisotopic (exact) mass is 426 g/mol. The zero-order valence-electron chi connectivity index (χ0n) is 20.3.